The van der Waals surface area contributed by atoms with Crippen molar-refractivity contribution in [2.24, 2.45) is 5.73 Å². The normalized spacial score (nSPS) is 14.8. The van der Waals surface area contributed by atoms with Crippen molar-refractivity contribution in [1.29, 1.82) is 0 Å². The van der Waals surface area contributed by atoms with Gasteiger partial charge in [-0.2, -0.15) is 26.3 Å². The Hall–Kier alpha value is -1.24. The fourth-order valence-electron chi connectivity index (χ4n) is 1.19. The van der Waals surface area contributed by atoms with Gasteiger partial charge in [0.05, 0.1) is 11.1 Å². The van der Waals surface area contributed by atoms with Crippen molar-refractivity contribution >= 4 is 0 Å². The summed E-state index contributed by atoms with van der Waals surface area (Å²) < 4.78 is 74.2. The summed E-state index contributed by atoms with van der Waals surface area (Å²) in [7, 11) is 0. The number of hydrogen-bond acceptors (Lipinski definition) is 1. The summed E-state index contributed by atoms with van der Waals surface area (Å²) >= 11 is 0. The summed E-state index contributed by atoms with van der Waals surface area (Å²) in [4.78, 5) is 0. The van der Waals surface area contributed by atoms with Gasteiger partial charge in [0.15, 0.2) is 0 Å². The maximum absolute atomic E-state index is 12.4. The van der Waals surface area contributed by atoms with Crippen LogP contribution in [0.1, 0.15) is 22.7 Å². The predicted octanol–water partition coefficient (Wildman–Crippen LogP) is 3.56. The maximum Gasteiger partial charge on any atom is 0.416 e. The molecule has 0 spiro atoms. The molecule has 2 N–H and O–H groups in total. The third kappa shape index (κ3) is 3.36. The summed E-state index contributed by atoms with van der Waals surface area (Å²) in [5.74, 6) is 0. The van der Waals surface area contributed by atoms with Crippen molar-refractivity contribution < 1.29 is 26.3 Å². The Bertz CT molecular complexity index is 372. The quantitative estimate of drug-likeness (QED) is 0.764. The van der Waals surface area contributed by atoms with Gasteiger partial charge in [0.1, 0.15) is 0 Å². The van der Waals surface area contributed by atoms with Gasteiger partial charge in [-0.25, -0.2) is 0 Å². The first-order chi connectivity index (χ1) is 7.51. The molecular weight excluding hydrogens is 248 g/mol. The predicted molar refractivity (Wildman–Crippen MR) is 48.7 cm³/mol. The van der Waals surface area contributed by atoms with E-state index in [1.54, 1.807) is 0 Å². The fourth-order valence-corrected chi connectivity index (χ4v) is 1.19. The van der Waals surface area contributed by atoms with E-state index in [0.29, 0.717) is 12.1 Å². The van der Waals surface area contributed by atoms with Crippen LogP contribution < -0.4 is 5.73 Å². The zero-order valence-corrected chi connectivity index (χ0v) is 8.36. The fraction of sp³-hybridized carbons (Fsp3) is 0.300. The molecule has 1 aromatic carbocycles. The van der Waals surface area contributed by atoms with Crippen LogP contribution in [0.15, 0.2) is 18.2 Å². The molecule has 0 aliphatic carbocycles. The second-order valence-electron chi connectivity index (χ2n) is 3.45. The molecule has 1 radical (unpaired) electrons. The van der Waals surface area contributed by atoms with Crippen molar-refractivity contribution in [3.63, 3.8) is 0 Å². The lowest BCUT2D eigenvalue weighted by molar-refractivity contribution is -0.143. The van der Waals surface area contributed by atoms with Gasteiger partial charge < -0.3 is 5.73 Å². The first-order valence-corrected chi connectivity index (χ1v) is 4.40. The molecule has 0 bridgehead atoms. The molecule has 0 aromatic heterocycles. The van der Waals surface area contributed by atoms with Crippen LogP contribution in [0, 0.1) is 6.92 Å². The van der Waals surface area contributed by atoms with Crippen molar-refractivity contribution in [1.82, 2.24) is 0 Å². The molecule has 17 heavy (non-hydrogen) atoms. The number of benzene rings is 1. The minimum atomic E-state index is -4.86. The zero-order chi connectivity index (χ0) is 13.4. The topological polar surface area (TPSA) is 26.0 Å². The van der Waals surface area contributed by atoms with Gasteiger partial charge in [0.25, 0.3) is 0 Å². The van der Waals surface area contributed by atoms with Crippen LogP contribution in [0.25, 0.3) is 0 Å². The van der Waals surface area contributed by atoms with E-state index in [0.717, 1.165) is 0 Å². The molecule has 0 saturated carbocycles. The molecule has 1 rings (SSSR count). The molecule has 0 amide bonds. The van der Waals surface area contributed by atoms with E-state index < -0.39 is 29.5 Å². The highest BCUT2D eigenvalue weighted by molar-refractivity contribution is 5.35. The molecule has 0 saturated heterocycles. The third-order valence-corrected chi connectivity index (χ3v) is 2.04. The Kier molecular flexibility index (Phi) is 3.42. The molecule has 1 aromatic rings. The summed E-state index contributed by atoms with van der Waals surface area (Å²) in [6.07, 6.45) is -9.71. The summed E-state index contributed by atoms with van der Waals surface area (Å²) in [5.41, 5.74) is 2.10. The van der Waals surface area contributed by atoms with Gasteiger partial charge >= 0.3 is 12.4 Å². The Labute approximate surface area is 93.2 Å². The lowest BCUT2D eigenvalue weighted by Gasteiger charge is -2.15. The number of nitrogens with two attached hydrogens (primary N) is 1. The van der Waals surface area contributed by atoms with E-state index in [2.05, 4.69) is 6.92 Å². The lowest BCUT2D eigenvalue weighted by atomic mass is 10.0. The number of halogens is 6. The van der Waals surface area contributed by atoms with Gasteiger partial charge in [0.2, 0.25) is 0 Å². The Morgan fingerprint density at radius 1 is 0.882 bits per heavy atom. The number of hydrogen-bond donors (Lipinski definition) is 1. The van der Waals surface area contributed by atoms with E-state index in [1.807, 2.05) is 0 Å². The Morgan fingerprint density at radius 3 is 1.47 bits per heavy atom. The van der Waals surface area contributed by atoms with E-state index >= 15 is 0 Å². The van der Waals surface area contributed by atoms with Crippen molar-refractivity contribution in [2.45, 2.75) is 18.4 Å². The SMILES string of the molecule is [CH2]C(N)c1cc(C(F)(F)F)cc(C(F)(F)F)c1. The molecule has 0 aliphatic rings. The Balaban J connectivity index is 3.40. The molecular formula is C10H8F6N. The third-order valence-electron chi connectivity index (χ3n) is 2.04. The van der Waals surface area contributed by atoms with Crippen molar-refractivity contribution in [3.8, 4) is 0 Å². The summed E-state index contributed by atoms with van der Waals surface area (Å²) in [5, 5.41) is 0. The molecule has 95 valence electrons. The minimum absolute atomic E-state index is 0.0475. The van der Waals surface area contributed by atoms with Crippen molar-refractivity contribution in [2.75, 3.05) is 0 Å². The molecule has 0 aliphatic heterocycles. The standard InChI is InChI=1S/C10H8F6N/c1-5(17)6-2-7(9(11,12)13)4-8(3-6)10(14,15)16/h2-5H,1,17H2. The summed E-state index contributed by atoms with van der Waals surface area (Å²) in [6, 6.07) is 0.0181. The molecule has 0 fully saturated rings. The first kappa shape index (κ1) is 13.8. The number of rotatable bonds is 1. The number of alkyl halides is 6. The van der Waals surface area contributed by atoms with Crippen LogP contribution in [0.5, 0.6) is 0 Å². The van der Waals surface area contributed by atoms with E-state index in [1.165, 1.54) is 0 Å². The summed E-state index contributed by atoms with van der Waals surface area (Å²) in [6.45, 7) is 3.20. The Morgan fingerprint density at radius 2 is 1.24 bits per heavy atom. The molecule has 7 heteroatoms. The van der Waals surface area contributed by atoms with E-state index in [9.17, 15) is 26.3 Å². The van der Waals surface area contributed by atoms with E-state index in [4.69, 9.17) is 5.73 Å². The molecule has 0 heterocycles. The second-order valence-corrected chi connectivity index (χ2v) is 3.45. The van der Waals surface area contributed by atoms with Crippen LogP contribution in [0.2, 0.25) is 0 Å². The monoisotopic (exact) mass is 256 g/mol. The second kappa shape index (κ2) is 4.21. The first-order valence-electron chi connectivity index (χ1n) is 4.40. The van der Waals surface area contributed by atoms with Crippen LogP contribution in [-0.2, 0) is 12.4 Å². The highest BCUT2D eigenvalue weighted by atomic mass is 19.4. The van der Waals surface area contributed by atoms with E-state index in [-0.39, 0.29) is 11.6 Å². The van der Waals surface area contributed by atoms with Gasteiger partial charge in [-0.3, -0.25) is 0 Å². The highest BCUT2D eigenvalue weighted by Crippen LogP contribution is 2.37. The highest BCUT2D eigenvalue weighted by Gasteiger charge is 2.37. The lowest BCUT2D eigenvalue weighted by Crippen LogP contribution is -2.14. The van der Waals surface area contributed by atoms with Crippen LogP contribution in [0.4, 0.5) is 26.3 Å². The van der Waals surface area contributed by atoms with Crippen LogP contribution >= 0.6 is 0 Å². The van der Waals surface area contributed by atoms with Gasteiger partial charge in [-0.1, -0.05) is 0 Å². The van der Waals surface area contributed by atoms with Gasteiger partial charge in [-0.05, 0) is 30.7 Å². The average molecular weight is 256 g/mol. The smallest absolute Gasteiger partial charge is 0.324 e. The van der Waals surface area contributed by atoms with Crippen LogP contribution in [0.3, 0.4) is 0 Å². The molecule has 1 unspecified atom stereocenters. The average Bonchev–Trinajstić information content (AvgIpc) is 2.14. The van der Waals surface area contributed by atoms with Gasteiger partial charge in [-0.15, -0.1) is 0 Å². The molecule has 1 atom stereocenters. The molecule has 1 nitrogen and oxygen atoms in total. The zero-order valence-electron chi connectivity index (χ0n) is 8.36. The largest absolute Gasteiger partial charge is 0.416 e. The van der Waals surface area contributed by atoms with Gasteiger partial charge in [0, 0.05) is 6.04 Å². The minimum Gasteiger partial charge on any atom is -0.324 e. The maximum atomic E-state index is 12.4. The van der Waals surface area contributed by atoms with Crippen LogP contribution in [-0.4, -0.2) is 0 Å². The van der Waals surface area contributed by atoms with Crippen molar-refractivity contribution in [3.05, 3.63) is 41.8 Å².